The van der Waals surface area contributed by atoms with E-state index >= 15 is 0 Å². The largest absolute Gasteiger partial charge is 0.493 e. The minimum atomic E-state index is -0.840. The molecule has 0 unspecified atom stereocenters. The first kappa shape index (κ1) is 18.8. The molecule has 2 rings (SSSR count). The van der Waals surface area contributed by atoms with Crippen LogP contribution in [0.4, 0.5) is 0 Å². The number of benzene rings is 1. The molecule has 0 bridgehead atoms. The van der Waals surface area contributed by atoms with E-state index in [4.69, 9.17) is 14.2 Å². The third-order valence-electron chi connectivity index (χ3n) is 3.74. The lowest BCUT2D eigenvalue weighted by Crippen LogP contribution is -2.35. The third-order valence-corrected chi connectivity index (χ3v) is 3.74. The average Bonchev–Trinajstić information content (AvgIpc) is 2.92. The van der Waals surface area contributed by atoms with Crippen molar-refractivity contribution in [1.82, 2.24) is 5.32 Å². The lowest BCUT2D eigenvalue weighted by atomic mass is 10.1. The van der Waals surface area contributed by atoms with Crippen molar-refractivity contribution >= 4 is 18.0 Å². The van der Waals surface area contributed by atoms with E-state index < -0.39 is 12.1 Å². The lowest BCUT2D eigenvalue weighted by Gasteiger charge is -2.11. The summed E-state index contributed by atoms with van der Waals surface area (Å²) >= 11 is 0. The summed E-state index contributed by atoms with van der Waals surface area (Å²) in [5, 5.41) is 2.61. The number of nitrogens with one attached hydrogen (secondary N) is 1. The Kier molecular flexibility index (Phi) is 6.44. The van der Waals surface area contributed by atoms with E-state index in [9.17, 15) is 9.59 Å². The predicted molar refractivity (Wildman–Crippen MR) is 94.7 cm³/mol. The molecule has 1 N–H and O–H groups in total. The van der Waals surface area contributed by atoms with Gasteiger partial charge in [-0.05, 0) is 45.9 Å². The Morgan fingerprint density at radius 3 is 2.84 bits per heavy atom. The van der Waals surface area contributed by atoms with Gasteiger partial charge in [-0.25, -0.2) is 4.79 Å². The van der Waals surface area contributed by atoms with Gasteiger partial charge in [0.1, 0.15) is 17.6 Å². The molecule has 0 spiro atoms. The number of carbonyl (C=O) groups is 2. The number of hydrogen-bond acceptors (Lipinski definition) is 5. The highest BCUT2D eigenvalue weighted by Crippen LogP contribution is 2.35. The van der Waals surface area contributed by atoms with Crippen LogP contribution >= 0.6 is 0 Å². The Labute approximate surface area is 148 Å². The first-order valence-corrected chi connectivity index (χ1v) is 8.57. The van der Waals surface area contributed by atoms with Gasteiger partial charge in [-0.2, -0.15) is 0 Å². The van der Waals surface area contributed by atoms with Gasteiger partial charge < -0.3 is 19.5 Å². The van der Waals surface area contributed by atoms with Crippen molar-refractivity contribution in [3.63, 3.8) is 0 Å². The first-order valence-electron chi connectivity index (χ1n) is 8.57. The van der Waals surface area contributed by atoms with E-state index in [0.717, 1.165) is 23.3 Å². The maximum atomic E-state index is 11.9. The molecular weight excluding hydrogens is 322 g/mol. The monoisotopic (exact) mass is 347 g/mol. The number of ether oxygens (including phenoxy) is 3. The van der Waals surface area contributed by atoms with Gasteiger partial charge in [-0.15, -0.1) is 0 Å². The molecule has 1 aromatic carbocycles. The molecule has 2 atom stereocenters. The fraction of sp³-hybridized carbons (Fsp3) is 0.474. The molecule has 0 saturated carbocycles. The average molecular weight is 347 g/mol. The van der Waals surface area contributed by atoms with Crippen molar-refractivity contribution < 1.29 is 23.8 Å². The van der Waals surface area contributed by atoms with Gasteiger partial charge in [0.2, 0.25) is 0 Å². The van der Waals surface area contributed by atoms with Crippen LogP contribution < -0.4 is 14.8 Å². The zero-order chi connectivity index (χ0) is 18.4. The smallest absolute Gasteiger partial charge is 0.331 e. The Bertz CT molecular complexity index is 668. The van der Waals surface area contributed by atoms with Crippen LogP contribution in [0.15, 0.2) is 18.2 Å². The zero-order valence-electron chi connectivity index (χ0n) is 15.1. The molecule has 136 valence electrons. The van der Waals surface area contributed by atoms with Crippen molar-refractivity contribution in [3.05, 3.63) is 29.3 Å². The van der Waals surface area contributed by atoms with Crippen LogP contribution in [0.25, 0.3) is 6.08 Å². The second-order valence-corrected chi connectivity index (χ2v) is 5.87. The molecule has 1 aromatic rings. The van der Waals surface area contributed by atoms with Gasteiger partial charge in [0.05, 0.1) is 6.61 Å². The molecule has 0 aliphatic carbocycles. The van der Waals surface area contributed by atoms with Gasteiger partial charge in [0.15, 0.2) is 6.10 Å². The van der Waals surface area contributed by atoms with E-state index in [2.05, 4.69) is 5.32 Å². The van der Waals surface area contributed by atoms with Crippen LogP contribution in [0.2, 0.25) is 0 Å². The Hall–Kier alpha value is -2.50. The second kappa shape index (κ2) is 8.55. The van der Waals surface area contributed by atoms with E-state index in [-0.39, 0.29) is 12.0 Å². The topological polar surface area (TPSA) is 73.9 Å². The summed E-state index contributed by atoms with van der Waals surface area (Å²) in [5.41, 5.74) is 1.83. The minimum Gasteiger partial charge on any atom is -0.493 e. The highest BCUT2D eigenvalue weighted by atomic mass is 16.5. The minimum absolute atomic E-state index is 0.131. The van der Waals surface area contributed by atoms with Crippen LogP contribution in [0.1, 0.15) is 38.8 Å². The van der Waals surface area contributed by atoms with Gasteiger partial charge >= 0.3 is 5.97 Å². The quantitative estimate of drug-likeness (QED) is 0.606. The summed E-state index contributed by atoms with van der Waals surface area (Å²) in [7, 11) is 0. The number of fused-ring (bicyclic) bond motifs is 1. The fourth-order valence-corrected chi connectivity index (χ4v) is 2.61. The third kappa shape index (κ3) is 4.98. The lowest BCUT2D eigenvalue weighted by molar-refractivity contribution is -0.150. The fourth-order valence-electron chi connectivity index (χ4n) is 2.61. The molecule has 1 heterocycles. The Morgan fingerprint density at radius 1 is 1.40 bits per heavy atom. The maximum absolute atomic E-state index is 11.9. The highest BCUT2D eigenvalue weighted by Gasteiger charge is 2.21. The molecule has 1 aliphatic heterocycles. The van der Waals surface area contributed by atoms with Gasteiger partial charge in [-0.3, -0.25) is 4.79 Å². The number of likely N-dealkylation sites (N-methyl/N-ethyl adjacent to an activating group) is 1. The highest BCUT2D eigenvalue weighted by molar-refractivity contribution is 5.90. The van der Waals surface area contributed by atoms with Crippen molar-refractivity contribution in [3.8, 4) is 11.5 Å². The second-order valence-electron chi connectivity index (χ2n) is 5.87. The molecule has 1 aliphatic rings. The Morgan fingerprint density at radius 2 is 2.16 bits per heavy atom. The van der Waals surface area contributed by atoms with E-state index in [1.165, 1.54) is 13.0 Å². The normalized spacial score (nSPS) is 16.9. The molecule has 25 heavy (non-hydrogen) atoms. The number of esters is 1. The molecule has 0 saturated heterocycles. The molecule has 6 heteroatoms. The Balaban J connectivity index is 2.10. The molecule has 0 fully saturated rings. The number of amides is 1. The standard InChI is InChI=1S/C19H25NO5/c1-5-20-19(22)13(4)25-18(21)8-7-14-10-17-15(9-12(3)24-17)11-16(14)23-6-2/h7-8,10-13H,5-6,9H2,1-4H3,(H,20,22)/b8-7+/t12-,13+/m0/s1. The van der Waals surface area contributed by atoms with Gasteiger partial charge in [0.25, 0.3) is 5.91 Å². The molecule has 0 radical (unpaired) electrons. The van der Waals surface area contributed by atoms with Gasteiger partial charge in [-0.1, -0.05) is 0 Å². The number of rotatable bonds is 7. The number of carbonyl (C=O) groups excluding carboxylic acids is 2. The van der Waals surface area contributed by atoms with E-state index in [1.54, 1.807) is 13.0 Å². The van der Waals surface area contributed by atoms with Crippen LogP contribution in [-0.4, -0.2) is 37.2 Å². The van der Waals surface area contributed by atoms with Crippen molar-refractivity contribution in [2.75, 3.05) is 13.2 Å². The summed E-state index contributed by atoms with van der Waals surface area (Å²) in [5.74, 6) is 0.592. The first-order chi connectivity index (χ1) is 11.9. The number of hydrogen-bond donors (Lipinski definition) is 1. The van der Waals surface area contributed by atoms with E-state index in [1.807, 2.05) is 26.0 Å². The molecular formula is C19H25NO5. The van der Waals surface area contributed by atoms with Crippen LogP contribution in [0.5, 0.6) is 11.5 Å². The van der Waals surface area contributed by atoms with Crippen LogP contribution in [0.3, 0.4) is 0 Å². The maximum Gasteiger partial charge on any atom is 0.331 e. The molecule has 6 nitrogen and oxygen atoms in total. The predicted octanol–water partition coefficient (Wildman–Crippen LogP) is 2.49. The van der Waals surface area contributed by atoms with Crippen molar-refractivity contribution in [2.45, 2.75) is 46.3 Å². The van der Waals surface area contributed by atoms with Crippen LogP contribution in [-0.2, 0) is 20.7 Å². The summed E-state index contributed by atoms with van der Waals surface area (Å²) in [6, 6.07) is 3.81. The summed E-state index contributed by atoms with van der Waals surface area (Å²) < 4.78 is 16.5. The van der Waals surface area contributed by atoms with Crippen LogP contribution in [0, 0.1) is 0 Å². The molecule has 1 amide bonds. The zero-order valence-corrected chi connectivity index (χ0v) is 15.1. The van der Waals surface area contributed by atoms with E-state index in [0.29, 0.717) is 18.9 Å². The summed E-state index contributed by atoms with van der Waals surface area (Å²) in [6.45, 7) is 8.26. The SMILES string of the molecule is CCNC(=O)[C@@H](C)OC(=O)/C=C/c1cc2c(cc1OCC)C[C@H](C)O2. The van der Waals surface area contributed by atoms with Crippen molar-refractivity contribution in [1.29, 1.82) is 0 Å². The van der Waals surface area contributed by atoms with Gasteiger partial charge in [0, 0.05) is 30.2 Å². The molecule has 0 aromatic heterocycles. The summed E-state index contributed by atoms with van der Waals surface area (Å²) in [6.07, 6.45) is 3.04. The summed E-state index contributed by atoms with van der Waals surface area (Å²) in [4.78, 5) is 23.5. The van der Waals surface area contributed by atoms with Crippen molar-refractivity contribution in [2.24, 2.45) is 0 Å².